The summed E-state index contributed by atoms with van der Waals surface area (Å²) in [5.74, 6) is 1.51. The molecule has 0 spiro atoms. The molecule has 0 aliphatic carbocycles. The molecule has 24 heavy (non-hydrogen) atoms. The fraction of sp³-hybridized carbons (Fsp3) is 0.400. The van der Waals surface area contributed by atoms with E-state index in [1.54, 1.807) is 23.9 Å². The highest BCUT2D eigenvalue weighted by Gasteiger charge is 2.11. The van der Waals surface area contributed by atoms with E-state index in [0.29, 0.717) is 27.4 Å². The van der Waals surface area contributed by atoms with Crippen LogP contribution in [0.4, 0.5) is 9.52 Å². The van der Waals surface area contributed by atoms with Crippen molar-refractivity contribution in [2.24, 2.45) is 5.92 Å². The average molecular weight is 406 g/mol. The van der Waals surface area contributed by atoms with Crippen molar-refractivity contribution in [2.75, 3.05) is 16.8 Å². The minimum absolute atomic E-state index is 0.191. The molecule has 0 saturated carbocycles. The highest BCUT2D eigenvalue weighted by Crippen LogP contribution is 2.27. The largest absolute Gasteiger partial charge is 0.300 e. The summed E-state index contributed by atoms with van der Waals surface area (Å²) in [6.45, 7) is 4.27. The molecular formula is C15H17ClFN3OS3. The van der Waals surface area contributed by atoms with Crippen molar-refractivity contribution in [1.82, 2.24) is 10.2 Å². The molecule has 1 amide bonds. The number of anilines is 1. The summed E-state index contributed by atoms with van der Waals surface area (Å²) in [7, 11) is 0. The molecule has 1 heterocycles. The van der Waals surface area contributed by atoms with Gasteiger partial charge in [0.05, 0.1) is 5.75 Å². The minimum Gasteiger partial charge on any atom is -0.300 e. The van der Waals surface area contributed by atoms with Gasteiger partial charge in [0, 0.05) is 22.1 Å². The van der Waals surface area contributed by atoms with Gasteiger partial charge in [-0.15, -0.1) is 22.0 Å². The van der Waals surface area contributed by atoms with Crippen LogP contribution in [0.1, 0.15) is 19.4 Å². The van der Waals surface area contributed by atoms with Crippen LogP contribution in [0.15, 0.2) is 22.5 Å². The van der Waals surface area contributed by atoms with Gasteiger partial charge in [-0.25, -0.2) is 4.39 Å². The third-order valence-corrected chi connectivity index (χ3v) is 6.45. The highest BCUT2D eigenvalue weighted by atomic mass is 35.5. The Balaban J connectivity index is 1.77. The summed E-state index contributed by atoms with van der Waals surface area (Å²) in [5.41, 5.74) is 0.417. The van der Waals surface area contributed by atoms with Crippen LogP contribution in [0.2, 0.25) is 5.02 Å². The van der Waals surface area contributed by atoms with Crippen LogP contribution in [0, 0.1) is 11.7 Å². The monoisotopic (exact) mass is 405 g/mol. The summed E-state index contributed by atoms with van der Waals surface area (Å²) in [6, 6.07) is 4.56. The standard InChI is InChI=1S/C15H17ClFN3OS3/c1-9(2)6-23-15-20-19-14(24-15)18-13(21)8-22-7-10-11(16)4-3-5-12(10)17/h3-5,9H,6-8H2,1-2H3,(H,18,19,21). The first-order valence-electron chi connectivity index (χ1n) is 7.22. The predicted molar refractivity (Wildman–Crippen MR) is 102 cm³/mol. The van der Waals surface area contributed by atoms with Gasteiger partial charge < -0.3 is 0 Å². The molecule has 130 valence electrons. The number of hydrogen-bond acceptors (Lipinski definition) is 6. The van der Waals surface area contributed by atoms with Gasteiger partial charge in [-0.05, 0) is 18.1 Å². The van der Waals surface area contributed by atoms with Gasteiger partial charge in [-0.2, -0.15) is 0 Å². The molecule has 0 saturated heterocycles. The molecule has 0 fully saturated rings. The molecule has 1 aromatic heterocycles. The zero-order chi connectivity index (χ0) is 17.5. The molecule has 2 rings (SSSR count). The van der Waals surface area contributed by atoms with Crippen molar-refractivity contribution >= 4 is 57.5 Å². The lowest BCUT2D eigenvalue weighted by Gasteiger charge is -2.05. The predicted octanol–water partition coefficient (Wildman–Crippen LogP) is 4.95. The lowest BCUT2D eigenvalue weighted by molar-refractivity contribution is -0.113. The lowest BCUT2D eigenvalue weighted by atomic mass is 10.2. The topological polar surface area (TPSA) is 54.9 Å². The summed E-state index contributed by atoms with van der Waals surface area (Å²) >= 11 is 10.2. The van der Waals surface area contributed by atoms with Crippen LogP contribution in [0.25, 0.3) is 0 Å². The van der Waals surface area contributed by atoms with Crippen molar-refractivity contribution in [1.29, 1.82) is 0 Å². The number of carbonyl (C=O) groups excluding carboxylic acids is 1. The van der Waals surface area contributed by atoms with Crippen LogP contribution in [-0.4, -0.2) is 27.6 Å². The molecule has 0 unspecified atom stereocenters. The van der Waals surface area contributed by atoms with E-state index in [1.807, 2.05) is 0 Å². The number of nitrogens with one attached hydrogen (secondary N) is 1. The van der Waals surface area contributed by atoms with Crippen LogP contribution >= 0.6 is 46.5 Å². The molecule has 0 aliphatic rings. The zero-order valence-corrected chi connectivity index (χ0v) is 16.4. The number of nitrogens with zero attached hydrogens (tertiary/aromatic N) is 2. The number of amides is 1. The van der Waals surface area contributed by atoms with E-state index in [-0.39, 0.29) is 17.5 Å². The van der Waals surface area contributed by atoms with E-state index in [2.05, 4.69) is 29.4 Å². The summed E-state index contributed by atoms with van der Waals surface area (Å²) in [4.78, 5) is 11.9. The highest BCUT2D eigenvalue weighted by molar-refractivity contribution is 8.01. The first kappa shape index (κ1) is 19.5. The van der Waals surface area contributed by atoms with Crippen LogP contribution in [-0.2, 0) is 10.5 Å². The number of halogens is 2. The van der Waals surface area contributed by atoms with Crippen molar-refractivity contribution in [3.05, 3.63) is 34.6 Å². The Bertz CT molecular complexity index is 676. The molecule has 0 aliphatic heterocycles. The number of carbonyl (C=O) groups is 1. The first-order chi connectivity index (χ1) is 11.5. The van der Waals surface area contributed by atoms with Crippen molar-refractivity contribution in [3.63, 3.8) is 0 Å². The third kappa shape index (κ3) is 6.23. The van der Waals surface area contributed by atoms with Gasteiger partial charge in [0.2, 0.25) is 11.0 Å². The van der Waals surface area contributed by atoms with Gasteiger partial charge in [0.25, 0.3) is 0 Å². The number of rotatable bonds is 8. The van der Waals surface area contributed by atoms with Gasteiger partial charge in [0.1, 0.15) is 5.82 Å². The van der Waals surface area contributed by atoms with Gasteiger partial charge in [-0.1, -0.05) is 54.6 Å². The normalized spacial score (nSPS) is 11.0. The zero-order valence-electron chi connectivity index (χ0n) is 13.2. The molecule has 4 nitrogen and oxygen atoms in total. The third-order valence-electron chi connectivity index (χ3n) is 2.73. The van der Waals surface area contributed by atoms with Gasteiger partial charge in [-0.3, -0.25) is 10.1 Å². The Morgan fingerprint density at radius 3 is 2.92 bits per heavy atom. The summed E-state index contributed by atoms with van der Waals surface area (Å²) < 4.78 is 14.5. The van der Waals surface area contributed by atoms with Crippen LogP contribution in [0.3, 0.4) is 0 Å². The minimum atomic E-state index is -0.355. The smallest absolute Gasteiger partial charge is 0.236 e. The van der Waals surface area contributed by atoms with E-state index in [4.69, 9.17) is 11.6 Å². The molecule has 9 heteroatoms. The van der Waals surface area contributed by atoms with Crippen molar-refractivity contribution in [2.45, 2.75) is 23.9 Å². The Hall–Kier alpha value is -0.830. The Morgan fingerprint density at radius 2 is 2.21 bits per heavy atom. The Kier molecular flexibility index (Phi) is 7.80. The lowest BCUT2D eigenvalue weighted by Crippen LogP contribution is -2.14. The molecular weight excluding hydrogens is 389 g/mol. The summed E-state index contributed by atoms with van der Waals surface area (Å²) in [6.07, 6.45) is 0. The molecule has 1 N–H and O–H groups in total. The summed E-state index contributed by atoms with van der Waals surface area (Å²) in [5, 5.41) is 11.6. The van der Waals surface area contributed by atoms with Gasteiger partial charge >= 0.3 is 0 Å². The number of thioether (sulfide) groups is 2. The maximum absolute atomic E-state index is 13.6. The van der Waals surface area contributed by atoms with Gasteiger partial charge in [0.15, 0.2) is 4.34 Å². The maximum atomic E-state index is 13.6. The second kappa shape index (κ2) is 9.60. The maximum Gasteiger partial charge on any atom is 0.236 e. The molecule has 2 aromatic rings. The molecule has 1 aromatic carbocycles. The molecule has 0 radical (unpaired) electrons. The van der Waals surface area contributed by atoms with Crippen LogP contribution in [0.5, 0.6) is 0 Å². The molecule has 0 atom stereocenters. The quantitative estimate of drug-likeness (QED) is 0.497. The van der Waals surface area contributed by atoms with Crippen molar-refractivity contribution < 1.29 is 9.18 Å². The van der Waals surface area contributed by atoms with Crippen LogP contribution < -0.4 is 5.32 Å². The number of benzene rings is 1. The Morgan fingerprint density at radius 1 is 1.42 bits per heavy atom. The van der Waals surface area contributed by atoms with Crippen molar-refractivity contribution in [3.8, 4) is 0 Å². The fourth-order valence-corrected chi connectivity index (χ4v) is 4.54. The average Bonchev–Trinajstić information content (AvgIpc) is 2.95. The van der Waals surface area contributed by atoms with E-state index in [9.17, 15) is 9.18 Å². The second-order valence-electron chi connectivity index (χ2n) is 5.32. The SMILES string of the molecule is CC(C)CSc1nnc(NC(=O)CSCc2c(F)cccc2Cl)s1. The van der Waals surface area contributed by atoms with E-state index < -0.39 is 0 Å². The first-order valence-corrected chi connectivity index (χ1v) is 10.6. The number of aromatic nitrogens is 2. The van der Waals surface area contributed by atoms with E-state index >= 15 is 0 Å². The second-order valence-corrected chi connectivity index (χ2v) is 8.96. The van der Waals surface area contributed by atoms with E-state index in [0.717, 1.165) is 10.1 Å². The molecule has 0 bridgehead atoms. The fourth-order valence-electron chi connectivity index (χ4n) is 1.63. The van der Waals surface area contributed by atoms with E-state index in [1.165, 1.54) is 29.2 Å². The Labute approximate surface area is 158 Å². The number of hydrogen-bond donors (Lipinski definition) is 1.